The Balaban J connectivity index is 2.86. The number of rotatable bonds is 7. The van der Waals surface area contributed by atoms with Crippen molar-refractivity contribution in [3.8, 4) is 0 Å². The van der Waals surface area contributed by atoms with Crippen LogP contribution in [0.5, 0.6) is 0 Å². The number of pyridine rings is 1. The molecule has 17 heavy (non-hydrogen) atoms. The highest BCUT2D eigenvalue weighted by molar-refractivity contribution is 5.50. The first kappa shape index (κ1) is 13.9. The third kappa shape index (κ3) is 4.32. The van der Waals surface area contributed by atoms with Gasteiger partial charge in [-0.3, -0.25) is 4.98 Å². The second-order valence-corrected chi connectivity index (χ2v) is 4.51. The van der Waals surface area contributed by atoms with Crippen LogP contribution in [0.2, 0.25) is 0 Å². The van der Waals surface area contributed by atoms with E-state index in [4.69, 9.17) is 10.5 Å². The van der Waals surface area contributed by atoms with Crippen LogP contribution in [0.3, 0.4) is 0 Å². The minimum absolute atomic E-state index is 0.470. The van der Waals surface area contributed by atoms with Crippen molar-refractivity contribution < 1.29 is 4.74 Å². The van der Waals surface area contributed by atoms with E-state index in [1.807, 2.05) is 6.07 Å². The Bertz CT molecular complexity index is 328. The van der Waals surface area contributed by atoms with Crippen LogP contribution in [0.15, 0.2) is 18.3 Å². The molecule has 1 aromatic rings. The van der Waals surface area contributed by atoms with E-state index < -0.39 is 0 Å². The third-order valence-corrected chi connectivity index (χ3v) is 2.55. The van der Waals surface area contributed by atoms with Gasteiger partial charge in [-0.25, -0.2) is 0 Å². The Morgan fingerprint density at radius 3 is 2.82 bits per heavy atom. The monoisotopic (exact) mass is 237 g/mol. The normalized spacial score (nSPS) is 10.9. The average Bonchev–Trinajstić information content (AvgIpc) is 2.34. The maximum absolute atomic E-state index is 5.73. The van der Waals surface area contributed by atoms with Gasteiger partial charge in [0.05, 0.1) is 18.0 Å². The van der Waals surface area contributed by atoms with Gasteiger partial charge in [-0.05, 0) is 18.1 Å². The number of nitrogens with two attached hydrogens (primary N) is 1. The number of aromatic nitrogens is 1. The first-order chi connectivity index (χ1) is 8.19. The largest absolute Gasteiger partial charge is 0.383 e. The van der Waals surface area contributed by atoms with Crippen molar-refractivity contribution in [2.24, 2.45) is 11.7 Å². The van der Waals surface area contributed by atoms with Crippen LogP contribution in [-0.2, 0) is 11.3 Å². The van der Waals surface area contributed by atoms with Crippen LogP contribution in [0.4, 0.5) is 5.69 Å². The second kappa shape index (κ2) is 7.25. The van der Waals surface area contributed by atoms with Crippen molar-refractivity contribution in [1.82, 2.24) is 4.98 Å². The molecule has 0 radical (unpaired) electrons. The molecule has 0 spiro atoms. The van der Waals surface area contributed by atoms with Gasteiger partial charge in [-0.1, -0.05) is 13.8 Å². The van der Waals surface area contributed by atoms with E-state index in [0.29, 0.717) is 19.1 Å². The molecule has 0 aliphatic carbocycles. The van der Waals surface area contributed by atoms with Gasteiger partial charge in [0.25, 0.3) is 0 Å². The fourth-order valence-electron chi connectivity index (χ4n) is 1.83. The van der Waals surface area contributed by atoms with Gasteiger partial charge < -0.3 is 15.4 Å². The maximum atomic E-state index is 5.73. The van der Waals surface area contributed by atoms with Crippen molar-refractivity contribution in [2.45, 2.75) is 20.4 Å². The Kier molecular flexibility index (Phi) is 5.94. The number of ether oxygens (including phenoxy) is 1. The van der Waals surface area contributed by atoms with Gasteiger partial charge in [0.15, 0.2) is 0 Å². The number of anilines is 1. The Morgan fingerprint density at radius 1 is 1.47 bits per heavy atom. The zero-order valence-electron chi connectivity index (χ0n) is 11.0. The van der Waals surface area contributed by atoms with Gasteiger partial charge in [0.1, 0.15) is 0 Å². The summed E-state index contributed by atoms with van der Waals surface area (Å²) < 4.78 is 5.16. The fourth-order valence-corrected chi connectivity index (χ4v) is 1.83. The van der Waals surface area contributed by atoms with Crippen molar-refractivity contribution in [3.05, 3.63) is 24.0 Å². The molecule has 96 valence electrons. The number of hydrogen-bond donors (Lipinski definition) is 1. The van der Waals surface area contributed by atoms with E-state index in [9.17, 15) is 0 Å². The molecule has 1 rings (SSSR count). The average molecular weight is 237 g/mol. The van der Waals surface area contributed by atoms with Crippen molar-refractivity contribution in [2.75, 3.05) is 31.7 Å². The summed E-state index contributed by atoms with van der Waals surface area (Å²) in [7, 11) is 1.72. The summed E-state index contributed by atoms with van der Waals surface area (Å²) in [6.45, 7) is 7.45. The van der Waals surface area contributed by atoms with E-state index in [2.05, 4.69) is 29.8 Å². The summed E-state index contributed by atoms with van der Waals surface area (Å²) in [5.41, 5.74) is 7.80. The minimum Gasteiger partial charge on any atom is -0.383 e. The van der Waals surface area contributed by atoms with Crippen molar-refractivity contribution in [1.29, 1.82) is 0 Å². The summed E-state index contributed by atoms with van der Waals surface area (Å²) in [5.74, 6) is 0.595. The highest BCUT2D eigenvalue weighted by Crippen LogP contribution is 2.18. The Labute approximate surface area is 104 Å². The zero-order chi connectivity index (χ0) is 12.7. The van der Waals surface area contributed by atoms with Crippen LogP contribution in [0.25, 0.3) is 0 Å². The summed E-state index contributed by atoms with van der Waals surface area (Å²) in [5, 5.41) is 0. The summed E-state index contributed by atoms with van der Waals surface area (Å²) >= 11 is 0. The van der Waals surface area contributed by atoms with Gasteiger partial charge in [-0.15, -0.1) is 0 Å². The molecule has 0 saturated carbocycles. The van der Waals surface area contributed by atoms with Crippen molar-refractivity contribution >= 4 is 5.69 Å². The SMILES string of the molecule is COCCN(CC(C)C)c1cccnc1CN. The van der Waals surface area contributed by atoms with Crippen LogP contribution in [0, 0.1) is 5.92 Å². The lowest BCUT2D eigenvalue weighted by molar-refractivity contribution is 0.204. The number of hydrogen-bond acceptors (Lipinski definition) is 4. The van der Waals surface area contributed by atoms with Gasteiger partial charge in [0, 0.05) is 32.9 Å². The molecule has 1 aromatic heterocycles. The molecule has 0 aromatic carbocycles. The first-order valence-electron chi connectivity index (χ1n) is 6.06. The standard InChI is InChI=1S/C13H23N3O/c1-11(2)10-16(7-8-17-3)13-5-4-6-15-12(13)9-14/h4-6,11H,7-10,14H2,1-3H3. The summed E-state index contributed by atoms with van der Waals surface area (Å²) in [6, 6.07) is 4.03. The molecule has 0 saturated heterocycles. The quantitative estimate of drug-likeness (QED) is 0.783. The molecule has 0 amide bonds. The zero-order valence-corrected chi connectivity index (χ0v) is 11.0. The van der Waals surface area contributed by atoms with E-state index >= 15 is 0 Å². The number of methoxy groups -OCH3 is 1. The third-order valence-electron chi connectivity index (χ3n) is 2.55. The lowest BCUT2D eigenvalue weighted by Gasteiger charge is -2.27. The van der Waals surface area contributed by atoms with E-state index in [0.717, 1.165) is 24.5 Å². The van der Waals surface area contributed by atoms with Crippen LogP contribution >= 0.6 is 0 Å². The summed E-state index contributed by atoms with van der Waals surface area (Å²) in [4.78, 5) is 6.62. The molecule has 1 heterocycles. The fraction of sp³-hybridized carbons (Fsp3) is 0.615. The predicted octanol–water partition coefficient (Wildman–Crippen LogP) is 1.65. The van der Waals surface area contributed by atoms with Crippen molar-refractivity contribution in [3.63, 3.8) is 0 Å². The molecule has 0 aliphatic rings. The highest BCUT2D eigenvalue weighted by Gasteiger charge is 2.12. The molecule has 0 fully saturated rings. The van der Waals surface area contributed by atoms with Crippen LogP contribution in [-0.4, -0.2) is 31.8 Å². The minimum atomic E-state index is 0.470. The van der Waals surface area contributed by atoms with Crippen LogP contribution in [0.1, 0.15) is 19.5 Å². The molecule has 2 N–H and O–H groups in total. The van der Waals surface area contributed by atoms with Gasteiger partial charge >= 0.3 is 0 Å². The van der Waals surface area contributed by atoms with Gasteiger partial charge in [-0.2, -0.15) is 0 Å². The topological polar surface area (TPSA) is 51.4 Å². The molecule has 0 unspecified atom stereocenters. The van der Waals surface area contributed by atoms with E-state index in [1.165, 1.54) is 0 Å². The molecular formula is C13H23N3O. The lowest BCUT2D eigenvalue weighted by Crippen LogP contribution is -2.32. The first-order valence-corrected chi connectivity index (χ1v) is 6.06. The molecule has 0 aliphatic heterocycles. The smallest absolute Gasteiger partial charge is 0.0772 e. The lowest BCUT2D eigenvalue weighted by atomic mass is 10.1. The van der Waals surface area contributed by atoms with Gasteiger partial charge in [0.2, 0.25) is 0 Å². The highest BCUT2D eigenvalue weighted by atomic mass is 16.5. The molecule has 4 nitrogen and oxygen atoms in total. The molecule has 0 bridgehead atoms. The number of nitrogens with zero attached hydrogens (tertiary/aromatic N) is 2. The molecular weight excluding hydrogens is 214 g/mol. The summed E-state index contributed by atoms with van der Waals surface area (Å²) in [6.07, 6.45) is 1.79. The Hall–Kier alpha value is -1.13. The second-order valence-electron chi connectivity index (χ2n) is 4.51. The molecule has 4 heteroatoms. The van der Waals surface area contributed by atoms with E-state index in [-0.39, 0.29) is 0 Å². The van der Waals surface area contributed by atoms with Crippen LogP contribution < -0.4 is 10.6 Å². The molecule has 0 atom stereocenters. The predicted molar refractivity (Wildman–Crippen MR) is 71.1 cm³/mol. The van der Waals surface area contributed by atoms with E-state index in [1.54, 1.807) is 13.3 Å². The Morgan fingerprint density at radius 2 is 2.24 bits per heavy atom. The maximum Gasteiger partial charge on any atom is 0.0772 e.